The van der Waals surface area contributed by atoms with Crippen molar-refractivity contribution in [2.45, 2.75) is 44.4 Å². The van der Waals surface area contributed by atoms with Gasteiger partial charge in [-0.25, -0.2) is 14.6 Å². The van der Waals surface area contributed by atoms with Gasteiger partial charge in [0.1, 0.15) is 23.4 Å². The van der Waals surface area contributed by atoms with E-state index in [0.29, 0.717) is 49.8 Å². The maximum atomic E-state index is 13.1. The Morgan fingerprint density at radius 1 is 0.907 bits per heavy atom. The van der Waals surface area contributed by atoms with Crippen LogP contribution in [0.2, 0.25) is 0 Å². The number of anilines is 1. The van der Waals surface area contributed by atoms with E-state index in [1.165, 1.54) is 0 Å². The Bertz CT molecular complexity index is 1660. The Kier molecular flexibility index (Phi) is 7.35. The lowest BCUT2D eigenvalue weighted by atomic mass is 9.93. The minimum absolute atomic E-state index is 0.187. The average Bonchev–Trinajstić information content (AvgIpc) is 3.78. The molecule has 0 bridgehead atoms. The number of hydrogen-bond acceptors (Lipinski definition) is 5. The van der Waals surface area contributed by atoms with Crippen LogP contribution in [0, 0.1) is 0 Å². The van der Waals surface area contributed by atoms with E-state index in [0.717, 1.165) is 27.8 Å². The molecule has 1 unspecified atom stereocenters. The summed E-state index contributed by atoms with van der Waals surface area (Å²) in [6, 6.07) is 24.9. The number of ether oxygens (including phenoxy) is 1. The number of amides is 3. The third-order valence-electron chi connectivity index (χ3n) is 8.34. The van der Waals surface area contributed by atoms with Crippen LogP contribution in [0.25, 0.3) is 22.4 Å². The van der Waals surface area contributed by atoms with Crippen LogP contribution in [0.15, 0.2) is 78.9 Å². The van der Waals surface area contributed by atoms with Crippen LogP contribution in [0.3, 0.4) is 0 Å². The second kappa shape index (κ2) is 11.3. The van der Waals surface area contributed by atoms with E-state index in [1.807, 2.05) is 90.4 Å². The van der Waals surface area contributed by atoms with Crippen LogP contribution < -0.4 is 10.6 Å². The number of fused-ring (bicyclic) bond motifs is 1. The van der Waals surface area contributed by atoms with Gasteiger partial charge in [-0.2, -0.15) is 0 Å². The summed E-state index contributed by atoms with van der Waals surface area (Å²) in [7, 11) is 1.59. The summed E-state index contributed by atoms with van der Waals surface area (Å²) in [5.41, 5.74) is 4.29. The number of benzene rings is 3. The van der Waals surface area contributed by atoms with Gasteiger partial charge >= 0.3 is 18.1 Å². The van der Waals surface area contributed by atoms with E-state index in [4.69, 9.17) is 9.72 Å². The first-order valence-corrected chi connectivity index (χ1v) is 14.3. The molecule has 0 radical (unpaired) electrons. The Labute approximate surface area is 249 Å². The number of carboxylic acids is 1. The SMILES string of the molecule is CNC(=O)N1CCn2c(nc(-c3ccc(-c4ccc(C5(C(=O)O)CC5)cc4)cc3)c2NC(=O)OC(C)c2ccccc2)C1. The lowest BCUT2D eigenvalue weighted by Gasteiger charge is -2.28. The van der Waals surface area contributed by atoms with Crippen LogP contribution >= 0.6 is 0 Å². The van der Waals surface area contributed by atoms with Crippen LogP contribution in [0.5, 0.6) is 0 Å². The first-order valence-electron chi connectivity index (χ1n) is 14.3. The molecule has 1 fully saturated rings. The summed E-state index contributed by atoms with van der Waals surface area (Å²) in [6.45, 7) is 3.04. The number of aromatic nitrogens is 2. The van der Waals surface area contributed by atoms with Crippen molar-refractivity contribution < 1.29 is 24.2 Å². The molecule has 1 aromatic heterocycles. The molecule has 0 saturated heterocycles. The van der Waals surface area contributed by atoms with E-state index < -0.39 is 23.6 Å². The van der Waals surface area contributed by atoms with E-state index in [9.17, 15) is 19.5 Å². The van der Waals surface area contributed by atoms with Crippen molar-refractivity contribution in [1.29, 1.82) is 0 Å². The lowest BCUT2D eigenvalue weighted by molar-refractivity contribution is -0.140. The largest absolute Gasteiger partial charge is 0.481 e. The Morgan fingerprint density at radius 3 is 2.14 bits per heavy atom. The highest BCUT2D eigenvalue weighted by Crippen LogP contribution is 2.48. The molecule has 3 amide bonds. The van der Waals surface area contributed by atoms with Gasteiger partial charge in [-0.1, -0.05) is 78.9 Å². The quantitative estimate of drug-likeness (QED) is 0.254. The number of aliphatic carboxylic acids is 1. The van der Waals surface area contributed by atoms with Gasteiger partial charge in [0.05, 0.1) is 12.0 Å². The Balaban J connectivity index is 1.27. The van der Waals surface area contributed by atoms with Crippen LogP contribution in [-0.4, -0.2) is 51.2 Å². The molecule has 220 valence electrons. The molecule has 1 aliphatic heterocycles. The number of nitrogens with zero attached hydrogens (tertiary/aromatic N) is 3. The fourth-order valence-corrected chi connectivity index (χ4v) is 5.62. The van der Waals surface area contributed by atoms with Gasteiger partial charge in [0.2, 0.25) is 0 Å². The third-order valence-corrected chi connectivity index (χ3v) is 8.34. The van der Waals surface area contributed by atoms with Crippen molar-refractivity contribution in [3.8, 4) is 22.4 Å². The highest BCUT2D eigenvalue weighted by atomic mass is 16.6. The number of nitrogens with one attached hydrogen (secondary N) is 2. The molecule has 2 heterocycles. The fraction of sp³-hybridized carbons (Fsp3) is 0.273. The summed E-state index contributed by atoms with van der Waals surface area (Å²) in [5, 5.41) is 15.2. The Morgan fingerprint density at radius 2 is 1.53 bits per heavy atom. The molecule has 1 aliphatic carbocycles. The number of urea groups is 1. The molecule has 2 aliphatic rings. The molecular weight excluding hydrogens is 546 g/mol. The van der Waals surface area contributed by atoms with Crippen LogP contribution in [-0.2, 0) is 28.0 Å². The topological polar surface area (TPSA) is 126 Å². The van der Waals surface area contributed by atoms with Crippen molar-refractivity contribution in [2.24, 2.45) is 0 Å². The average molecular weight is 580 g/mol. The number of carbonyl (C=O) groups excluding carboxylic acids is 2. The zero-order valence-corrected chi connectivity index (χ0v) is 24.0. The number of imidazole rings is 1. The van der Waals surface area contributed by atoms with Gasteiger partial charge in [0.15, 0.2) is 0 Å². The summed E-state index contributed by atoms with van der Waals surface area (Å²) >= 11 is 0. The monoisotopic (exact) mass is 579 g/mol. The summed E-state index contributed by atoms with van der Waals surface area (Å²) in [6.07, 6.45) is 0.288. The first kappa shape index (κ1) is 28.0. The standard InChI is InChI=1S/C33H33N5O5/c1-21(22-6-4-3-5-7-22)43-32(42)36-29-28(35-27-20-37(31(41)34-2)18-19-38(27)29)25-10-8-23(9-11-25)24-12-14-26(15-13-24)33(16-17-33)30(39)40/h3-15,21H,16-20H2,1-2H3,(H,34,41)(H,36,42)(H,39,40). The maximum Gasteiger partial charge on any atom is 0.413 e. The summed E-state index contributed by atoms with van der Waals surface area (Å²) in [5.74, 6) is 0.398. The van der Waals surface area contributed by atoms with Gasteiger partial charge in [-0.15, -0.1) is 0 Å². The van der Waals surface area contributed by atoms with Crippen molar-refractivity contribution in [2.75, 3.05) is 18.9 Å². The molecule has 6 rings (SSSR count). The molecule has 1 saturated carbocycles. The molecule has 10 heteroatoms. The number of hydrogen-bond donors (Lipinski definition) is 3. The second-order valence-electron chi connectivity index (χ2n) is 11.0. The van der Waals surface area contributed by atoms with E-state index in [-0.39, 0.29) is 6.03 Å². The summed E-state index contributed by atoms with van der Waals surface area (Å²) < 4.78 is 7.62. The maximum absolute atomic E-state index is 13.1. The zero-order valence-electron chi connectivity index (χ0n) is 24.0. The van der Waals surface area contributed by atoms with Crippen molar-refractivity contribution in [3.05, 3.63) is 95.8 Å². The predicted molar refractivity (Wildman–Crippen MR) is 161 cm³/mol. The molecular formula is C33H33N5O5. The zero-order chi connectivity index (χ0) is 30.1. The van der Waals surface area contributed by atoms with Crippen LogP contribution in [0.4, 0.5) is 15.4 Å². The lowest BCUT2D eigenvalue weighted by Crippen LogP contribution is -2.43. The van der Waals surface area contributed by atoms with Gasteiger partial charge < -0.3 is 24.6 Å². The van der Waals surface area contributed by atoms with Gasteiger partial charge in [0.25, 0.3) is 0 Å². The summed E-state index contributed by atoms with van der Waals surface area (Å²) in [4.78, 5) is 43.6. The van der Waals surface area contributed by atoms with Gasteiger partial charge in [-0.05, 0) is 42.0 Å². The number of rotatable bonds is 7. The van der Waals surface area contributed by atoms with Gasteiger partial charge in [-0.3, -0.25) is 10.1 Å². The molecule has 10 nitrogen and oxygen atoms in total. The molecule has 3 N–H and O–H groups in total. The van der Waals surface area contributed by atoms with E-state index in [2.05, 4.69) is 10.6 Å². The molecule has 3 aromatic carbocycles. The molecule has 1 atom stereocenters. The molecule has 43 heavy (non-hydrogen) atoms. The fourth-order valence-electron chi connectivity index (χ4n) is 5.62. The predicted octanol–water partition coefficient (Wildman–Crippen LogP) is 5.80. The van der Waals surface area contributed by atoms with Gasteiger partial charge in [0, 0.05) is 25.7 Å². The van der Waals surface area contributed by atoms with E-state index >= 15 is 0 Å². The minimum Gasteiger partial charge on any atom is -0.481 e. The second-order valence-corrected chi connectivity index (χ2v) is 11.0. The molecule has 0 spiro atoms. The van der Waals surface area contributed by atoms with Crippen molar-refractivity contribution >= 4 is 23.9 Å². The number of carboxylic acid groups (broad SMARTS) is 1. The normalized spacial score (nSPS) is 15.6. The van der Waals surface area contributed by atoms with Crippen molar-refractivity contribution in [3.63, 3.8) is 0 Å². The van der Waals surface area contributed by atoms with Crippen molar-refractivity contribution in [1.82, 2.24) is 19.8 Å². The minimum atomic E-state index is -0.770. The smallest absolute Gasteiger partial charge is 0.413 e. The highest BCUT2D eigenvalue weighted by Gasteiger charge is 2.51. The van der Waals surface area contributed by atoms with Crippen LogP contribution in [0.1, 0.15) is 42.8 Å². The Hall–Kier alpha value is -5.12. The third kappa shape index (κ3) is 5.43. The number of carbonyl (C=O) groups is 3. The highest BCUT2D eigenvalue weighted by molar-refractivity contribution is 5.90. The first-order chi connectivity index (χ1) is 20.8. The van der Waals surface area contributed by atoms with E-state index in [1.54, 1.807) is 11.9 Å². The molecule has 4 aromatic rings.